The minimum Gasteiger partial charge on any atom is -0.459 e. The minimum atomic E-state index is -0.203. The Morgan fingerprint density at radius 3 is 2.79 bits per heavy atom. The van der Waals surface area contributed by atoms with Crippen LogP contribution >= 0.6 is 0 Å². The van der Waals surface area contributed by atoms with Crippen LogP contribution in [-0.2, 0) is 4.74 Å². The van der Waals surface area contributed by atoms with E-state index in [0.717, 1.165) is 23.6 Å². The van der Waals surface area contributed by atoms with Gasteiger partial charge in [-0.3, -0.25) is 4.98 Å². The molecule has 0 atom stereocenters. The van der Waals surface area contributed by atoms with Crippen LogP contribution < -0.4 is 0 Å². The summed E-state index contributed by atoms with van der Waals surface area (Å²) in [6.45, 7) is 0. The monoisotopic (exact) mass is 255 g/mol. The second-order valence-corrected chi connectivity index (χ2v) is 5.10. The molecule has 3 heteroatoms. The molecule has 19 heavy (non-hydrogen) atoms. The Kier molecular flexibility index (Phi) is 3.45. The molecule has 3 rings (SSSR count). The molecule has 1 saturated carbocycles. The molecule has 0 spiro atoms. The zero-order valence-electron chi connectivity index (χ0n) is 10.8. The Balaban J connectivity index is 1.77. The first-order valence-corrected chi connectivity index (χ1v) is 6.88. The van der Waals surface area contributed by atoms with E-state index < -0.39 is 0 Å². The lowest BCUT2D eigenvalue weighted by molar-refractivity contribution is 0.0211. The van der Waals surface area contributed by atoms with Gasteiger partial charge in [0.1, 0.15) is 6.10 Å². The van der Waals surface area contributed by atoms with Crippen LogP contribution in [0.25, 0.3) is 10.8 Å². The molecular weight excluding hydrogens is 238 g/mol. The fourth-order valence-electron chi connectivity index (χ4n) is 2.61. The standard InChI is InChI=1S/C16H17NO2/c18-16(19-15-4-2-1-3-5-15)13-6-7-14-11-17-9-8-12(14)10-13/h6-11,15H,1-5H2. The SMILES string of the molecule is O=C(OC1CCCCC1)c1ccc2cnccc2c1. The Labute approximate surface area is 112 Å². The quantitative estimate of drug-likeness (QED) is 0.768. The molecule has 1 aliphatic carbocycles. The minimum absolute atomic E-state index is 0.106. The highest BCUT2D eigenvalue weighted by atomic mass is 16.5. The van der Waals surface area contributed by atoms with Crippen LogP contribution in [0.5, 0.6) is 0 Å². The van der Waals surface area contributed by atoms with E-state index >= 15 is 0 Å². The number of fused-ring (bicyclic) bond motifs is 1. The van der Waals surface area contributed by atoms with Gasteiger partial charge in [0.25, 0.3) is 0 Å². The first-order chi connectivity index (χ1) is 9.33. The zero-order chi connectivity index (χ0) is 13.1. The normalized spacial score (nSPS) is 16.4. The molecule has 2 aromatic rings. The van der Waals surface area contributed by atoms with Crippen molar-refractivity contribution in [2.75, 3.05) is 0 Å². The third kappa shape index (κ3) is 2.75. The van der Waals surface area contributed by atoms with E-state index in [1.165, 1.54) is 19.3 Å². The molecule has 0 aliphatic heterocycles. The first kappa shape index (κ1) is 12.2. The number of hydrogen-bond acceptors (Lipinski definition) is 3. The number of carbonyl (C=O) groups is 1. The van der Waals surface area contributed by atoms with Crippen molar-refractivity contribution in [3.8, 4) is 0 Å². The van der Waals surface area contributed by atoms with Crippen molar-refractivity contribution >= 4 is 16.7 Å². The molecule has 1 aliphatic rings. The van der Waals surface area contributed by atoms with Crippen molar-refractivity contribution in [1.29, 1.82) is 0 Å². The smallest absolute Gasteiger partial charge is 0.338 e. The highest BCUT2D eigenvalue weighted by molar-refractivity contribution is 5.95. The Morgan fingerprint density at radius 1 is 1.11 bits per heavy atom. The van der Waals surface area contributed by atoms with E-state index in [0.29, 0.717) is 5.56 Å². The molecule has 0 saturated heterocycles. The second kappa shape index (κ2) is 5.39. The summed E-state index contributed by atoms with van der Waals surface area (Å²) in [5.41, 5.74) is 0.629. The van der Waals surface area contributed by atoms with Crippen LogP contribution in [0, 0.1) is 0 Å². The van der Waals surface area contributed by atoms with Gasteiger partial charge in [0.05, 0.1) is 5.56 Å². The summed E-state index contributed by atoms with van der Waals surface area (Å²) >= 11 is 0. The van der Waals surface area contributed by atoms with Crippen molar-refractivity contribution in [2.24, 2.45) is 0 Å². The molecule has 3 nitrogen and oxygen atoms in total. The van der Waals surface area contributed by atoms with Gasteiger partial charge >= 0.3 is 5.97 Å². The van der Waals surface area contributed by atoms with Crippen molar-refractivity contribution < 1.29 is 9.53 Å². The topological polar surface area (TPSA) is 39.2 Å². The van der Waals surface area contributed by atoms with Crippen LogP contribution in [0.3, 0.4) is 0 Å². The fourth-order valence-corrected chi connectivity index (χ4v) is 2.61. The summed E-state index contributed by atoms with van der Waals surface area (Å²) in [5, 5.41) is 2.06. The summed E-state index contributed by atoms with van der Waals surface area (Å²) in [6, 6.07) is 7.52. The number of carbonyl (C=O) groups excluding carboxylic acids is 1. The summed E-state index contributed by atoms with van der Waals surface area (Å²) < 4.78 is 5.57. The van der Waals surface area contributed by atoms with E-state index in [1.807, 2.05) is 24.3 Å². The third-order valence-electron chi connectivity index (χ3n) is 3.70. The zero-order valence-corrected chi connectivity index (χ0v) is 10.8. The average molecular weight is 255 g/mol. The van der Waals surface area contributed by atoms with Gasteiger partial charge in [-0.2, -0.15) is 0 Å². The van der Waals surface area contributed by atoms with Gasteiger partial charge in [-0.25, -0.2) is 4.79 Å². The summed E-state index contributed by atoms with van der Waals surface area (Å²) in [4.78, 5) is 16.2. The van der Waals surface area contributed by atoms with Crippen molar-refractivity contribution in [3.63, 3.8) is 0 Å². The third-order valence-corrected chi connectivity index (χ3v) is 3.70. The maximum Gasteiger partial charge on any atom is 0.338 e. The fraction of sp³-hybridized carbons (Fsp3) is 0.375. The van der Waals surface area contributed by atoms with Crippen LogP contribution in [0.1, 0.15) is 42.5 Å². The van der Waals surface area contributed by atoms with E-state index in [-0.39, 0.29) is 12.1 Å². The largest absolute Gasteiger partial charge is 0.459 e. The molecule has 0 unspecified atom stereocenters. The van der Waals surface area contributed by atoms with Crippen LogP contribution in [0.2, 0.25) is 0 Å². The number of hydrogen-bond donors (Lipinski definition) is 0. The molecule has 1 heterocycles. The highest BCUT2D eigenvalue weighted by Crippen LogP contribution is 2.22. The lowest BCUT2D eigenvalue weighted by Gasteiger charge is -2.21. The highest BCUT2D eigenvalue weighted by Gasteiger charge is 2.18. The van der Waals surface area contributed by atoms with Crippen molar-refractivity contribution in [3.05, 3.63) is 42.2 Å². The molecule has 0 amide bonds. The maximum atomic E-state index is 12.1. The summed E-state index contributed by atoms with van der Waals surface area (Å²) in [6.07, 6.45) is 9.24. The average Bonchev–Trinajstić information content (AvgIpc) is 2.48. The summed E-state index contributed by atoms with van der Waals surface area (Å²) in [5.74, 6) is -0.203. The lowest BCUT2D eigenvalue weighted by atomic mass is 9.98. The van der Waals surface area contributed by atoms with Crippen LogP contribution in [-0.4, -0.2) is 17.1 Å². The number of benzene rings is 1. The molecular formula is C16H17NO2. The van der Waals surface area contributed by atoms with Gasteiger partial charge in [-0.1, -0.05) is 12.5 Å². The number of esters is 1. The maximum absolute atomic E-state index is 12.1. The number of pyridine rings is 1. The Morgan fingerprint density at radius 2 is 1.95 bits per heavy atom. The van der Waals surface area contributed by atoms with Crippen molar-refractivity contribution in [2.45, 2.75) is 38.2 Å². The van der Waals surface area contributed by atoms with Crippen LogP contribution in [0.4, 0.5) is 0 Å². The van der Waals surface area contributed by atoms with E-state index in [1.54, 1.807) is 12.4 Å². The number of aromatic nitrogens is 1. The van der Waals surface area contributed by atoms with E-state index in [4.69, 9.17) is 4.74 Å². The lowest BCUT2D eigenvalue weighted by Crippen LogP contribution is -2.20. The van der Waals surface area contributed by atoms with Crippen LogP contribution in [0.15, 0.2) is 36.7 Å². The van der Waals surface area contributed by atoms with Gasteiger partial charge in [0, 0.05) is 17.8 Å². The summed E-state index contributed by atoms with van der Waals surface area (Å²) in [7, 11) is 0. The number of ether oxygens (including phenoxy) is 1. The predicted octanol–water partition coefficient (Wildman–Crippen LogP) is 3.72. The van der Waals surface area contributed by atoms with E-state index in [2.05, 4.69) is 4.98 Å². The molecule has 1 aromatic heterocycles. The molecule has 0 radical (unpaired) electrons. The van der Waals surface area contributed by atoms with Gasteiger partial charge in [-0.05, 0) is 49.3 Å². The van der Waals surface area contributed by atoms with Crippen molar-refractivity contribution in [1.82, 2.24) is 4.98 Å². The van der Waals surface area contributed by atoms with E-state index in [9.17, 15) is 4.79 Å². The Bertz CT molecular complexity index is 588. The molecule has 98 valence electrons. The predicted molar refractivity (Wildman–Crippen MR) is 74.0 cm³/mol. The second-order valence-electron chi connectivity index (χ2n) is 5.10. The molecule has 0 N–H and O–H groups in total. The molecule has 0 bridgehead atoms. The first-order valence-electron chi connectivity index (χ1n) is 6.88. The Hall–Kier alpha value is -1.90. The number of nitrogens with zero attached hydrogens (tertiary/aromatic N) is 1. The van der Waals surface area contributed by atoms with Gasteiger partial charge < -0.3 is 4.74 Å². The molecule has 1 aromatic carbocycles. The number of rotatable bonds is 2. The van der Waals surface area contributed by atoms with Gasteiger partial charge in [0.15, 0.2) is 0 Å². The van der Waals surface area contributed by atoms with Gasteiger partial charge in [-0.15, -0.1) is 0 Å². The van der Waals surface area contributed by atoms with Gasteiger partial charge in [0.2, 0.25) is 0 Å². The molecule has 1 fully saturated rings.